The summed E-state index contributed by atoms with van der Waals surface area (Å²) in [6.07, 6.45) is 0. The number of piperazine rings is 1. The Labute approximate surface area is 127 Å². The van der Waals surface area contributed by atoms with E-state index in [9.17, 15) is 13.6 Å². The monoisotopic (exact) mass is 311 g/mol. The average molecular weight is 311 g/mol. The zero-order chi connectivity index (χ0) is 15.5. The van der Waals surface area contributed by atoms with E-state index < -0.39 is 11.6 Å². The van der Waals surface area contributed by atoms with Gasteiger partial charge in [0.25, 0.3) is 0 Å². The summed E-state index contributed by atoms with van der Waals surface area (Å²) in [6.45, 7) is 3.64. The molecule has 1 aromatic rings. The molecule has 0 aliphatic carbocycles. The summed E-state index contributed by atoms with van der Waals surface area (Å²) in [6, 6.07) is 3.13. The largest absolute Gasteiger partial charge is 0.378 e. The Bertz CT molecular complexity index is 542. The summed E-state index contributed by atoms with van der Waals surface area (Å²) in [5.41, 5.74) is 0.256. The SMILES string of the molecule is O=C(C1COCCN1)N1CCN(c2cc(F)ccc2F)CC1. The summed E-state index contributed by atoms with van der Waals surface area (Å²) in [5.74, 6) is -0.888. The number of nitrogens with zero attached hydrogens (tertiary/aromatic N) is 2. The Kier molecular flexibility index (Phi) is 4.54. The minimum absolute atomic E-state index is 0.0130. The molecule has 2 fully saturated rings. The van der Waals surface area contributed by atoms with Crippen LogP contribution in [0, 0.1) is 11.6 Å². The van der Waals surface area contributed by atoms with Gasteiger partial charge in [-0.3, -0.25) is 4.79 Å². The van der Waals surface area contributed by atoms with Crippen molar-refractivity contribution >= 4 is 11.6 Å². The Morgan fingerprint density at radius 3 is 2.68 bits per heavy atom. The van der Waals surface area contributed by atoms with E-state index in [1.165, 1.54) is 6.07 Å². The predicted octanol–water partition coefficient (Wildman–Crippen LogP) is 0.602. The van der Waals surface area contributed by atoms with E-state index in [0.717, 1.165) is 12.1 Å². The van der Waals surface area contributed by atoms with Crippen molar-refractivity contribution in [1.82, 2.24) is 10.2 Å². The number of hydrogen-bond donors (Lipinski definition) is 1. The topological polar surface area (TPSA) is 44.8 Å². The lowest BCUT2D eigenvalue weighted by atomic mass is 10.2. The second kappa shape index (κ2) is 6.58. The van der Waals surface area contributed by atoms with Crippen molar-refractivity contribution < 1.29 is 18.3 Å². The third-order valence-corrected chi connectivity index (χ3v) is 4.06. The molecule has 0 spiro atoms. The van der Waals surface area contributed by atoms with E-state index in [1.54, 1.807) is 9.80 Å². The van der Waals surface area contributed by atoms with Gasteiger partial charge < -0.3 is 19.9 Å². The Hall–Kier alpha value is -1.73. The maximum atomic E-state index is 13.8. The van der Waals surface area contributed by atoms with Crippen molar-refractivity contribution in [3.63, 3.8) is 0 Å². The van der Waals surface area contributed by atoms with Gasteiger partial charge in [0.1, 0.15) is 17.7 Å². The molecule has 7 heteroatoms. The third kappa shape index (κ3) is 3.20. The number of carbonyl (C=O) groups excluding carboxylic acids is 1. The summed E-state index contributed by atoms with van der Waals surface area (Å²) in [4.78, 5) is 15.9. The van der Waals surface area contributed by atoms with Crippen LogP contribution in [0.25, 0.3) is 0 Å². The standard InChI is InChI=1S/C15H19F2N3O2/c16-11-1-2-12(17)14(9-11)19-4-6-20(7-5-19)15(21)13-10-22-8-3-18-13/h1-2,9,13,18H,3-8,10H2. The normalized spacial score (nSPS) is 22.7. The first-order chi connectivity index (χ1) is 10.6. The quantitative estimate of drug-likeness (QED) is 0.869. The molecule has 0 aromatic heterocycles. The van der Waals surface area contributed by atoms with Gasteiger partial charge in [0, 0.05) is 38.8 Å². The van der Waals surface area contributed by atoms with Crippen molar-refractivity contribution in [2.75, 3.05) is 50.8 Å². The van der Waals surface area contributed by atoms with E-state index in [-0.39, 0.29) is 17.6 Å². The van der Waals surface area contributed by atoms with Gasteiger partial charge in [-0.25, -0.2) is 8.78 Å². The van der Waals surface area contributed by atoms with E-state index in [4.69, 9.17) is 4.74 Å². The average Bonchev–Trinajstić information content (AvgIpc) is 2.57. The van der Waals surface area contributed by atoms with Gasteiger partial charge in [-0.05, 0) is 12.1 Å². The Balaban J connectivity index is 1.60. The highest BCUT2D eigenvalue weighted by molar-refractivity contribution is 5.82. The fraction of sp³-hybridized carbons (Fsp3) is 0.533. The summed E-state index contributed by atoms with van der Waals surface area (Å²) < 4.78 is 32.4. The molecular weight excluding hydrogens is 292 g/mol. The Morgan fingerprint density at radius 2 is 2.00 bits per heavy atom. The zero-order valence-electron chi connectivity index (χ0n) is 12.2. The minimum atomic E-state index is -0.460. The van der Waals surface area contributed by atoms with Crippen LogP contribution in [-0.2, 0) is 9.53 Å². The van der Waals surface area contributed by atoms with E-state index in [1.807, 2.05) is 0 Å². The van der Waals surface area contributed by atoms with Gasteiger partial charge in [0.2, 0.25) is 5.91 Å². The maximum absolute atomic E-state index is 13.8. The number of morpholine rings is 1. The van der Waals surface area contributed by atoms with Crippen LogP contribution in [0.5, 0.6) is 0 Å². The number of amides is 1. The van der Waals surface area contributed by atoms with Crippen LogP contribution in [0.15, 0.2) is 18.2 Å². The fourth-order valence-corrected chi connectivity index (χ4v) is 2.84. The smallest absolute Gasteiger partial charge is 0.242 e. The molecule has 2 saturated heterocycles. The number of rotatable bonds is 2. The van der Waals surface area contributed by atoms with Crippen LogP contribution in [0.1, 0.15) is 0 Å². The molecule has 2 aliphatic rings. The molecule has 0 saturated carbocycles. The molecule has 1 atom stereocenters. The van der Waals surface area contributed by atoms with Crippen LogP contribution in [0.2, 0.25) is 0 Å². The first kappa shape index (κ1) is 15.2. The molecule has 5 nitrogen and oxygen atoms in total. The van der Waals surface area contributed by atoms with Crippen LogP contribution in [0.4, 0.5) is 14.5 Å². The van der Waals surface area contributed by atoms with Gasteiger partial charge in [0.15, 0.2) is 0 Å². The van der Waals surface area contributed by atoms with E-state index in [2.05, 4.69) is 5.32 Å². The molecule has 1 amide bonds. The number of nitrogens with one attached hydrogen (secondary N) is 1. The molecule has 1 aromatic carbocycles. The zero-order valence-corrected chi connectivity index (χ0v) is 12.2. The highest BCUT2D eigenvalue weighted by atomic mass is 19.1. The molecular formula is C15H19F2N3O2. The molecule has 1 N–H and O–H groups in total. The molecule has 22 heavy (non-hydrogen) atoms. The third-order valence-electron chi connectivity index (χ3n) is 4.06. The number of carbonyl (C=O) groups is 1. The van der Waals surface area contributed by atoms with E-state index in [0.29, 0.717) is 45.9 Å². The second-order valence-corrected chi connectivity index (χ2v) is 5.49. The van der Waals surface area contributed by atoms with Crippen LogP contribution < -0.4 is 10.2 Å². The lowest BCUT2D eigenvalue weighted by molar-refractivity contribution is -0.136. The molecule has 0 bridgehead atoms. The van der Waals surface area contributed by atoms with Gasteiger partial charge in [0.05, 0.1) is 18.9 Å². The first-order valence-corrected chi connectivity index (χ1v) is 7.45. The van der Waals surface area contributed by atoms with Crippen molar-refractivity contribution in [3.8, 4) is 0 Å². The number of halogens is 2. The van der Waals surface area contributed by atoms with Crippen LogP contribution in [0.3, 0.4) is 0 Å². The molecule has 120 valence electrons. The highest BCUT2D eigenvalue weighted by Gasteiger charge is 2.29. The lowest BCUT2D eigenvalue weighted by Gasteiger charge is -2.38. The molecule has 2 heterocycles. The number of benzene rings is 1. The van der Waals surface area contributed by atoms with Crippen molar-refractivity contribution in [2.45, 2.75) is 6.04 Å². The lowest BCUT2D eigenvalue weighted by Crippen LogP contribution is -2.57. The van der Waals surface area contributed by atoms with E-state index >= 15 is 0 Å². The van der Waals surface area contributed by atoms with Gasteiger partial charge in [-0.15, -0.1) is 0 Å². The molecule has 2 aliphatic heterocycles. The van der Waals surface area contributed by atoms with Gasteiger partial charge >= 0.3 is 0 Å². The number of hydrogen-bond acceptors (Lipinski definition) is 4. The van der Waals surface area contributed by atoms with Gasteiger partial charge in [-0.1, -0.05) is 0 Å². The number of anilines is 1. The van der Waals surface area contributed by atoms with Gasteiger partial charge in [-0.2, -0.15) is 0 Å². The summed E-state index contributed by atoms with van der Waals surface area (Å²) in [5, 5.41) is 3.14. The Morgan fingerprint density at radius 1 is 1.23 bits per heavy atom. The summed E-state index contributed by atoms with van der Waals surface area (Å²) in [7, 11) is 0. The summed E-state index contributed by atoms with van der Waals surface area (Å²) >= 11 is 0. The fourth-order valence-electron chi connectivity index (χ4n) is 2.84. The maximum Gasteiger partial charge on any atom is 0.242 e. The highest BCUT2D eigenvalue weighted by Crippen LogP contribution is 2.22. The minimum Gasteiger partial charge on any atom is -0.378 e. The first-order valence-electron chi connectivity index (χ1n) is 7.45. The van der Waals surface area contributed by atoms with Crippen molar-refractivity contribution in [3.05, 3.63) is 29.8 Å². The van der Waals surface area contributed by atoms with Crippen LogP contribution in [-0.4, -0.2) is 62.8 Å². The van der Waals surface area contributed by atoms with Crippen molar-refractivity contribution in [2.24, 2.45) is 0 Å². The second-order valence-electron chi connectivity index (χ2n) is 5.49. The molecule has 1 unspecified atom stereocenters. The van der Waals surface area contributed by atoms with Crippen molar-refractivity contribution in [1.29, 1.82) is 0 Å². The predicted molar refractivity (Wildman–Crippen MR) is 77.8 cm³/mol. The molecule has 0 radical (unpaired) electrons. The van der Waals surface area contributed by atoms with Crippen LogP contribution >= 0.6 is 0 Å². The number of ether oxygens (including phenoxy) is 1. The molecule has 3 rings (SSSR count).